The van der Waals surface area contributed by atoms with Gasteiger partial charge in [0.25, 0.3) is 0 Å². The van der Waals surface area contributed by atoms with Gasteiger partial charge in [0.15, 0.2) is 0 Å². The molecule has 25 heavy (non-hydrogen) atoms. The van der Waals surface area contributed by atoms with Crippen molar-refractivity contribution in [3.8, 4) is 5.75 Å². The fourth-order valence-electron chi connectivity index (χ4n) is 2.83. The van der Waals surface area contributed by atoms with Gasteiger partial charge in [0.1, 0.15) is 5.75 Å². The zero-order chi connectivity index (χ0) is 17.6. The van der Waals surface area contributed by atoms with Crippen molar-refractivity contribution in [3.63, 3.8) is 0 Å². The smallest absolute Gasteiger partial charge is 0.138 e. The Kier molecular flexibility index (Phi) is 5.98. The van der Waals surface area contributed by atoms with Gasteiger partial charge in [0, 0.05) is 30.2 Å². The lowest BCUT2D eigenvalue weighted by Crippen LogP contribution is -2.22. The van der Waals surface area contributed by atoms with Crippen molar-refractivity contribution in [1.29, 1.82) is 0 Å². The highest BCUT2D eigenvalue weighted by Crippen LogP contribution is 2.32. The average molecular weight is 372 g/mol. The number of nitrogens with zero attached hydrogens (tertiary/aromatic N) is 1. The van der Waals surface area contributed by atoms with Gasteiger partial charge in [-0.2, -0.15) is 0 Å². The van der Waals surface area contributed by atoms with Gasteiger partial charge in [-0.25, -0.2) is 0 Å². The maximum atomic E-state index is 10.3. The Morgan fingerprint density at radius 3 is 1.76 bits per heavy atom. The number of halogens is 2. The minimum atomic E-state index is 0.0946. The highest BCUT2D eigenvalue weighted by atomic mass is 35.5. The summed E-state index contributed by atoms with van der Waals surface area (Å²) in [6.45, 7) is 2.08. The Labute approximate surface area is 158 Å². The molecule has 0 aromatic heterocycles. The summed E-state index contributed by atoms with van der Waals surface area (Å²) in [6, 6.07) is 23.9. The maximum Gasteiger partial charge on any atom is 0.138 e. The van der Waals surface area contributed by atoms with Crippen LogP contribution in [0, 0.1) is 0 Å². The first kappa shape index (κ1) is 17.8. The molecule has 0 fully saturated rings. The Hall–Kier alpha value is -2.00. The van der Waals surface area contributed by atoms with Gasteiger partial charge in [0.2, 0.25) is 0 Å². The zero-order valence-corrected chi connectivity index (χ0v) is 15.2. The molecule has 3 aromatic carbocycles. The zero-order valence-electron chi connectivity index (χ0n) is 13.7. The van der Waals surface area contributed by atoms with Crippen LogP contribution in [0.2, 0.25) is 10.0 Å². The molecule has 4 heteroatoms. The van der Waals surface area contributed by atoms with Crippen LogP contribution in [0.4, 0.5) is 0 Å². The van der Waals surface area contributed by atoms with Crippen LogP contribution in [0.3, 0.4) is 0 Å². The molecule has 0 aliphatic rings. The van der Waals surface area contributed by atoms with E-state index >= 15 is 0 Å². The summed E-state index contributed by atoms with van der Waals surface area (Å²) >= 11 is 12.2. The Bertz CT molecular complexity index is 781. The van der Waals surface area contributed by atoms with Gasteiger partial charge in [-0.3, -0.25) is 4.90 Å². The standard InChI is InChI=1S/C21H19Cl2NO/c22-19-11-18(21(25)20(23)12-19)15-24(13-16-7-3-1-4-8-16)14-17-9-5-2-6-10-17/h1-12,25H,13-15H2. The summed E-state index contributed by atoms with van der Waals surface area (Å²) in [6.07, 6.45) is 0. The number of hydrogen-bond donors (Lipinski definition) is 1. The second-order valence-electron chi connectivity index (χ2n) is 6.01. The van der Waals surface area contributed by atoms with Gasteiger partial charge in [0.05, 0.1) is 5.02 Å². The third-order valence-corrected chi connectivity index (χ3v) is 4.51. The molecule has 3 aromatic rings. The van der Waals surface area contributed by atoms with E-state index in [0.29, 0.717) is 11.6 Å². The van der Waals surface area contributed by atoms with E-state index in [-0.39, 0.29) is 10.8 Å². The van der Waals surface area contributed by atoms with Crippen molar-refractivity contribution in [2.24, 2.45) is 0 Å². The fraction of sp³-hybridized carbons (Fsp3) is 0.143. The third-order valence-electron chi connectivity index (χ3n) is 4.00. The van der Waals surface area contributed by atoms with Crippen LogP contribution in [-0.4, -0.2) is 10.0 Å². The molecule has 1 N–H and O–H groups in total. The van der Waals surface area contributed by atoms with E-state index in [4.69, 9.17) is 23.2 Å². The number of phenolic OH excluding ortho intramolecular Hbond substituents is 1. The molecule has 0 radical (unpaired) electrons. The van der Waals surface area contributed by atoms with Gasteiger partial charge in [-0.15, -0.1) is 0 Å². The van der Waals surface area contributed by atoms with Crippen LogP contribution in [-0.2, 0) is 19.6 Å². The number of benzene rings is 3. The van der Waals surface area contributed by atoms with Crippen molar-refractivity contribution < 1.29 is 5.11 Å². The van der Waals surface area contributed by atoms with Gasteiger partial charge >= 0.3 is 0 Å². The molecule has 0 aliphatic carbocycles. The number of phenols is 1. The quantitative estimate of drug-likeness (QED) is 0.582. The summed E-state index contributed by atoms with van der Waals surface area (Å²) in [5.41, 5.74) is 3.15. The Morgan fingerprint density at radius 2 is 1.24 bits per heavy atom. The Balaban J connectivity index is 1.85. The summed E-state index contributed by atoms with van der Waals surface area (Å²) in [5.74, 6) is 0.0946. The van der Waals surface area contributed by atoms with E-state index in [2.05, 4.69) is 29.2 Å². The van der Waals surface area contributed by atoms with E-state index in [0.717, 1.165) is 18.7 Å². The largest absolute Gasteiger partial charge is 0.506 e. The van der Waals surface area contributed by atoms with Crippen molar-refractivity contribution in [2.75, 3.05) is 0 Å². The van der Waals surface area contributed by atoms with Gasteiger partial charge in [-0.05, 0) is 23.3 Å². The minimum absolute atomic E-state index is 0.0946. The van der Waals surface area contributed by atoms with Crippen LogP contribution < -0.4 is 0 Å². The van der Waals surface area contributed by atoms with Gasteiger partial charge in [-0.1, -0.05) is 83.9 Å². The second kappa shape index (κ2) is 8.39. The van der Waals surface area contributed by atoms with E-state index < -0.39 is 0 Å². The van der Waals surface area contributed by atoms with Crippen LogP contribution >= 0.6 is 23.2 Å². The molecule has 0 atom stereocenters. The molecule has 3 rings (SSSR count). The topological polar surface area (TPSA) is 23.5 Å². The second-order valence-corrected chi connectivity index (χ2v) is 6.86. The van der Waals surface area contributed by atoms with Crippen LogP contribution in [0.25, 0.3) is 0 Å². The number of hydrogen-bond acceptors (Lipinski definition) is 2. The highest BCUT2D eigenvalue weighted by Gasteiger charge is 2.14. The molecule has 0 spiro atoms. The van der Waals surface area contributed by atoms with E-state index in [1.54, 1.807) is 12.1 Å². The molecule has 0 bridgehead atoms. The predicted molar refractivity (Wildman–Crippen MR) is 104 cm³/mol. The molecule has 0 amide bonds. The third kappa shape index (κ3) is 4.99. The lowest BCUT2D eigenvalue weighted by atomic mass is 10.1. The molecule has 0 saturated heterocycles. The molecule has 0 aliphatic heterocycles. The lowest BCUT2D eigenvalue weighted by Gasteiger charge is -2.23. The van der Waals surface area contributed by atoms with Crippen molar-refractivity contribution in [3.05, 3.63) is 99.5 Å². The molecule has 0 heterocycles. The molecular formula is C21H19Cl2NO. The van der Waals surface area contributed by atoms with Gasteiger partial charge < -0.3 is 5.11 Å². The summed E-state index contributed by atoms with van der Waals surface area (Å²) in [5, 5.41) is 11.1. The normalized spacial score (nSPS) is 11.0. The minimum Gasteiger partial charge on any atom is -0.506 e. The first-order chi connectivity index (χ1) is 12.1. The number of aromatic hydroxyl groups is 1. The Morgan fingerprint density at radius 1 is 0.720 bits per heavy atom. The first-order valence-corrected chi connectivity index (χ1v) is 8.84. The maximum absolute atomic E-state index is 10.3. The van der Waals surface area contributed by atoms with Crippen molar-refractivity contribution in [2.45, 2.75) is 19.6 Å². The van der Waals surface area contributed by atoms with Crippen LogP contribution in [0.15, 0.2) is 72.8 Å². The monoisotopic (exact) mass is 371 g/mol. The molecular weight excluding hydrogens is 353 g/mol. The lowest BCUT2D eigenvalue weighted by molar-refractivity contribution is 0.244. The molecule has 128 valence electrons. The van der Waals surface area contributed by atoms with Crippen LogP contribution in [0.5, 0.6) is 5.75 Å². The van der Waals surface area contributed by atoms with Crippen LogP contribution in [0.1, 0.15) is 16.7 Å². The van der Waals surface area contributed by atoms with E-state index in [1.807, 2.05) is 36.4 Å². The molecule has 0 unspecified atom stereocenters. The SMILES string of the molecule is Oc1c(Cl)cc(Cl)cc1CN(Cc1ccccc1)Cc1ccccc1. The average Bonchev–Trinajstić information content (AvgIpc) is 2.61. The summed E-state index contributed by atoms with van der Waals surface area (Å²) in [7, 11) is 0. The van der Waals surface area contributed by atoms with Crippen molar-refractivity contribution >= 4 is 23.2 Å². The molecule has 2 nitrogen and oxygen atoms in total. The molecule has 0 saturated carbocycles. The fourth-order valence-corrected chi connectivity index (χ4v) is 3.37. The summed E-state index contributed by atoms with van der Waals surface area (Å²) < 4.78 is 0. The van der Waals surface area contributed by atoms with E-state index in [1.165, 1.54) is 11.1 Å². The number of rotatable bonds is 6. The summed E-state index contributed by atoms with van der Waals surface area (Å²) in [4.78, 5) is 2.26. The van der Waals surface area contributed by atoms with Crippen molar-refractivity contribution in [1.82, 2.24) is 4.90 Å². The predicted octanol–water partition coefficient (Wildman–Crippen LogP) is 5.90. The first-order valence-electron chi connectivity index (χ1n) is 8.09. The highest BCUT2D eigenvalue weighted by molar-refractivity contribution is 6.35. The van der Waals surface area contributed by atoms with E-state index in [9.17, 15) is 5.11 Å².